The van der Waals surface area contributed by atoms with Crippen LogP contribution in [0, 0.1) is 0 Å². The molecule has 1 N–H and O–H groups in total. The van der Waals surface area contributed by atoms with E-state index in [4.69, 9.17) is 4.74 Å². The Balaban J connectivity index is 2.06. The second kappa shape index (κ2) is 3.21. The molecule has 1 saturated heterocycles. The van der Waals surface area contributed by atoms with Crippen LogP contribution in [0.15, 0.2) is 17.3 Å². The lowest BCUT2D eigenvalue weighted by molar-refractivity contribution is 0.323. The van der Waals surface area contributed by atoms with Crippen molar-refractivity contribution in [2.24, 2.45) is 4.99 Å². The summed E-state index contributed by atoms with van der Waals surface area (Å²) >= 11 is 1.66. The van der Waals surface area contributed by atoms with Gasteiger partial charge in [0, 0.05) is 20.3 Å². The molecule has 1 fully saturated rings. The van der Waals surface area contributed by atoms with Crippen LogP contribution in [0.2, 0.25) is 0 Å². The van der Waals surface area contributed by atoms with Gasteiger partial charge in [-0.15, -0.1) is 11.3 Å². The monoisotopic (exact) mass is 260 g/mol. The van der Waals surface area contributed by atoms with Gasteiger partial charge in [-0.3, -0.25) is 0 Å². The Labute approximate surface area is 108 Å². The number of anilines is 2. The van der Waals surface area contributed by atoms with Gasteiger partial charge < -0.3 is 15.0 Å². The van der Waals surface area contributed by atoms with Gasteiger partial charge in [0.25, 0.3) is 0 Å². The van der Waals surface area contributed by atoms with Crippen LogP contribution in [0.3, 0.4) is 0 Å². The van der Waals surface area contributed by atoms with Gasteiger partial charge in [0.15, 0.2) is 0 Å². The molecule has 0 saturated carbocycles. The third-order valence-electron chi connectivity index (χ3n) is 3.31. The lowest BCUT2D eigenvalue weighted by Crippen LogP contribution is -2.15. The fourth-order valence-electron chi connectivity index (χ4n) is 2.33. The molecule has 2 aromatic rings. The number of aromatic nitrogens is 1. The standard InChI is InChI=1S/C12H12N4OS/c1-16(2)7-3-4-13-11-8(7)9-10(18-11)12(5-17-12)15-6-14-9/h3-4,6H,5H2,1-2H3,(H,14,15). The molecular formula is C12H12N4OS. The third kappa shape index (κ3) is 1.19. The maximum absolute atomic E-state index is 5.52. The predicted molar refractivity (Wildman–Crippen MR) is 73.7 cm³/mol. The molecule has 1 atom stereocenters. The highest BCUT2D eigenvalue weighted by Crippen LogP contribution is 2.52. The second-order valence-corrected chi connectivity index (χ2v) is 5.69. The number of thiophene rings is 1. The summed E-state index contributed by atoms with van der Waals surface area (Å²) in [5.41, 5.74) is 1.84. The van der Waals surface area contributed by atoms with Crippen LogP contribution >= 0.6 is 11.3 Å². The molecule has 5 nitrogen and oxygen atoms in total. The van der Waals surface area contributed by atoms with E-state index in [9.17, 15) is 0 Å². The summed E-state index contributed by atoms with van der Waals surface area (Å²) in [6, 6.07) is 2.03. The molecule has 0 radical (unpaired) electrons. The number of nitrogens with one attached hydrogen (secondary N) is 1. The second-order valence-electron chi connectivity index (χ2n) is 4.69. The molecule has 0 bridgehead atoms. The van der Waals surface area contributed by atoms with Crippen LogP contribution in [-0.4, -0.2) is 32.0 Å². The molecule has 2 aliphatic rings. The number of nitrogens with zero attached hydrogens (tertiary/aromatic N) is 3. The topological polar surface area (TPSA) is 53.1 Å². The van der Waals surface area contributed by atoms with Crippen molar-refractivity contribution in [3.05, 3.63) is 17.1 Å². The first-order valence-corrected chi connectivity index (χ1v) is 6.56. The Morgan fingerprint density at radius 2 is 2.33 bits per heavy atom. The Kier molecular flexibility index (Phi) is 1.83. The van der Waals surface area contributed by atoms with Gasteiger partial charge >= 0.3 is 0 Å². The first-order chi connectivity index (χ1) is 8.71. The van der Waals surface area contributed by atoms with Crippen LogP contribution < -0.4 is 10.2 Å². The smallest absolute Gasteiger partial charge is 0.221 e. The van der Waals surface area contributed by atoms with E-state index >= 15 is 0 Å². The summed E-state index contributed by atoms with van der Waals surface area (Å²) in [6.07, 6.45) is 3.58. The molecule has 4 rings (SSSR count). The van der Waals surface area contributed by atoms with E-state index < -0.39 is 5.72 Å². The SMILES string of the molecule is CN(C)c1ccnc2sc3c(c12)NC=NC31CO1. The van der Waals surface area contributed by atoms with Crippen LogP contribution in [0.4, 0.5) is 11.4 Å². The van der Waals surface area contributed by atoms with E-state index in [0.29, 0.717) is 6.61 Å². The summed E-state index contributed by atoms with van der Waals surface area (Å²) in [7, 11) is 4.08. The lowest BCUT2D eigenvalue weighted by Gasteiger charge is -2.17. The van der Waals surface area contributed by atoms with Crippen LogP contribution in [-0.2, 0) is 10.5 Å². The number of epoxide rings is 1. The minimum absolute atomic E-state index is 0.421. The highest BCUT2D eigenvalue weighted by atomic mass is 32.1. The fourth-order valence-corrected chi connectivity index (χ4v) is 3.53. The van der Waals surface area contributed by atoms with E-state index in [-0.39, 0.29) is 0 Å². The average molecular weight is 260 g/mol. The van der Waals surface area contributed by atoms with Crippen molar-refractivity contribution in [1.82, 2.24) is 4.98 Å². The largest absolute Gasteiger partial charge is 0.377 e. The van der Waals surface area contributed by atoms with Crippen molar-refractivity contribution >= 4 is 39.3 Å². The zero-order valence-electron chi connectivity index (χ0n) is 10.1. The maximum Gasteiger partial charge on any atom is 0.221 e. The van der Waals surface area contributed by atoms with Crippen LogP contribution in [0.5, 0.6) is 0 Å². The molecule has 6 heteroatoms. The van der Waals surface area contributed by atoms with Crippen molar-refractivity contribution < 1.29 is 4.74 Å². The molecule has 4 heterocycles. The molecule has 0 aromatic carbocycles. The van der Waals surface area contributed by atoms with Crippen LogP contribution in [0.25, 0.3) is 10.2 Å². The van der Waals surface area contributed by atoms with Crippen molar-refractivity contribution in [1.29, 1.82) is 0 Å². The number of ether oxygens (including phenoxy) is 1. The van der Waals surface area contributed by atoms with E-state index in [1.807, 2.05) is 26.4 Å². The zero-order chi connectivity index (χ0) is 12.3. The molecule has 18 heavy (non-hydrogen) atoms. The molecule has 0 amide bonds. The Hall–Kier alpha value is -1.66. The molecule has 2 aliphatic heterocycles. The first kappa shape index (κ1) is 10.3. The summed E-state index contributed by atoms with van der Waals surface area (Å²) < 4.78 is 5.52. The molecular weight excluding hydrogens is 248 g/mol. The van der Waals surface area contributed by atoms with E-state index in [1.165, 1.54) is 0 Å². The number of aliphatic imine (C=N–C) groups is 1. The lowest BCUT2D eigenvalue weighted by atomic mass is 10.1. The van der Waals surface area contributed by atoms with Gasteiger partial charge in [0.1, 0.15) is 11.4 Å². The van der Waals surface area contributed by atoms with E-state index in [2.05, 4.69) is 20.2 Å². The van der Waals surface area contributed by atoms with Crippen molar-refractivity contribution in [2.45, 2.75) is 5.72 Å². The zero-order valence-corrected chi connectivity index (χ0v) is 10.9. The van der Waals surface area contributed by atoms with Crippen molar-refractivity contribution in [3.8, 4) is 0 Å². The number of hydrogen-bond donors (Lipinski definition) is 1. The van der Waals surface area contributed by atoms with Crippen LogP contribution in [0.1, 0.15) is 4.88 Å². The van der Waals surface area contributed by atoms with Gasteiger partial charge in [-0.25, -0.2) is 9.98 Å². The Bertz CT molecular complexity index is 672. The summed E-state index contributed by atoms with van der Waals surface area (Å²) in [6.45, 7) is 0.669. The number of hydrogen-bond acceptors (Lipinski definition) is 6. The Morgan fingerprint density at radius 3 is 3.06 bits per heavy atom. The fraction of sp³-hybridized carbons (Fsp3) is 0.333. The van der Waals surface area contributed by atoms with Crippen molar-refractivity contribution in [3.63, 3.8) is 0 Å². The maximum atomic E-state index is 5.52. The van der Waals surface area contributed by atoms with Gasteiger partial charge in [0.05, 0.1) is 28.0 Å². The number of rotatable bonds is 1. The summed E-state index contributed by atoms with van der Waals surface area (Å²) in [4.78, 5) is 13.1. The van der Waals surface area contributed by atoms with E-state index in [0.717, 1.165) is 26.5 Å². The Morgan fingerprint density at radius 1 is 1.50 bits per heavy atom. The molecule has 0 aliphatic carbocycles. The van der Waals surface area contributed by atoms with Gasteiger partial charge in [-0.05, 0) is 6.07 Å². The molecule has 1 unspecified atom stereocenters. The highest BCUT2D eigenvalue weighted by Gasteiger charge is 2.51. The quantitative estimate of drug-likeness (QED) is 0.797. The van der Waals surface area contributed by atoms with Gasteiger partial charge in [0.2, 0.25) is 5.72 Å². The minimum Gasteiger partial charge on any atom is -0.377 e. The van der Waals surface area contributed by atoms with Gasteiger partial charge in [-0.1, -0.05) is 0 Å². The van der Waals surface area contributed by atoms with Gasteiger partial charge in [-0.2, -0.15) is 0 Å². The average Bonchev–Trinajstić information content (AvgIpc) is 3.01. The minimum atomic E-state index is -0.421. The normalized spacial score (nSPS) is 24.1. The van der Waals surface area contributed by atoms with E-state index in [1.54, 1.807) is 17.7 Å². The summed E-state index contributed by atoms with van der Waals surface area (Å²) in [5, 5.41) is 4.40. The third-order valence-corrected chi connectivity index (χ3v) is 4.54. The molecule has 92 valence electrons. The molecule has 2 aromatic heterocycles. The summed E-state index contributed by atoms with van der Waals surface area (Å²) in [5.74, 6) is 0. The number of fused-ring (bicyclic) bond motifs is 4. The predicted octanol–water partition coefficient (Wildman–Crippen LogP) is 2.00. The highest BCUT2D eigenvalue weighted by molar-refractivity contribution is 7.19. The number of pyridine rings is 1. The van der Waals surface area contributed by atoms with Crippen molar-refractivity contribution in [2.75, 3.05) is 30.9 Å². The first-order valence-electron chi connectivity index (χ1n) is 5.75. The molecule has 1 spiro atoms.